The minimum atomic E-state index is -0.382. The maximum absolute atomic E-state index is 11.7. The standard InChI is InChI=1S/C19H25NO3/c1-13(2)19(21)23-12-17-10-15(11-20-22)6-9-18(17)16-7-4-14(3)5-8-16/h6,9-10,14,16H,1,4-5,7-8,11-12H2,2-3H3. The lowest BCUT2D eigenvalue weighted by molar-refractivity contribution is -0.140. The predicted octanol–water partition coefficient (Wildman–Crippen LogP) is 4.87. The summed E-state index contributed by atoms with van der Waals surface area (Å²) in [6.07, 6.45) is 4.78. The molecule has 1 aliphatic carbocycles. The Kier molecular flexibility index (Phi) is 6.08. The lowest BCUT2D eigenvalue weighted by atomic mass is 9.78. The van der Waals surface area contributed by atoms with Crippen molar-refractivity contribution in [2.75, 3.05) is 0 Å². The molecule has 0 aromatic heterocycles. The Balaban J connectivity index is 2.20. The van der Waals surface area contributed by atoms with Crippen molar-refractivity contribution in [3.8, 4) is 0 Å². The zero-order valence-corrected chi connectivity index (χ0v) is 14.0. The van der Waals surface area contributed by atoms with Crippen LogP contribution in [0.25, 0.3) is 0 Å². The number of nitrogens with zero attached hydrogens (tertiary/aromatic N) is 1. The molecule has 0 spiro atoms. The second-order valence-corrected chi connectivity index (χ2v) is 6.63. The molecule has 1 fully saturated rings. The number of nitroso groups, excluding NO2 is 1. The minimum Gasteiger partial charge on any atom is -0.457 e. The van der Waals surface area contributed by atoms with E-state index in [0.717, 1.165) is 29.9 Å². The van der Waals surface area contributed by atoms with E-state index in [1.807, 2.05) is 12.1 Å². The fraction of sp³-hybridized carbons (Fsp3) is 0.526. The monoisotopic (exact) mass is 315 g/mol. The van der Waals surface area contributed by atoms with Crippen LogP contribution in [0, 0.1) is 10.8 Å². The molecule has 0 N–H and O–H groups in total. The van der Waals surface area contributed by atoms with Crippen LogP contribution in [0.5, 0.6) is 0 Å². The highest BCUT2D eigenvalue weighted by atomic mass is 16.5. The van der Waals surface area contributed by atoms with Gasteiger partial charge < -0.3 is 4.74 Å². The number of hydrogen-bond acceptors (Lipinski definition) is 4. The van der Waals surface area contributed by atoms with E-state index in [9.17, 15) is 9.70 Å². The van der Waals surface area contributed by atoms with Gasteiger partial charge in [0.15, 0.2) is 0 Å². The van der Waals surface area contributed by atoms with E-state index in [1.54, 1.807) is 6.92 Å². The molecule has 2 rings (SSSR count). The van der Waals surface area contributed by atoms with Crippen molar-refractivity contribution in [1.82, 2.24) is 0 Å². The third kappa shape index (κ3) is 4.75. The third-order valence-electron chi connectivity index (χ3n) is 4.62. The summed E-state index contributed by atoms with van der Waals surface area (Å²) in [7, 11) is 0. The number of rotatable bonds is 6. The molecule has 124 valence electrons. The van der Waals surface area contributed by atoms with Gasteiger partial charge in [-0.05, 0) is 48.3 Å². The van der Waals surface area contributed by atoms with Gasteiger partial charge in [-0.2, -0.15) is 4.91 Å². The zero-order chi connectivity index (χ0) is 16.8. The molecular formula is C19H25NO3. The van der Waals surface area contributed by atoms with Crippen LogP contribution in [0.1, 0.15) is 62.1 Å². The summed E-state index contributed by atoms with van der Waals surface area (Å²) in [6.45, 7) is 7.90. The number of carbonyl (C=O) groups is 1. The van der Waals surface area contributed by atoms with Crippen LogP contribution in [-0.4, -0.2) is 5.97 Å². The van der Waals surface area contributed by atoms with Crippen LogP contribution < -0.4 is 0 Å². The van der Waals surface area contributed by atoms with Crippen LogP contribution in [0.15, 0.2) is 35.5 Å². The van der Waals surface area contributed by atoms with Gasteiger partial charge >= 0.3 is 5.97 Å². The summed E-state index contributed by atoms with van der Waals surface area (Å²) < 4.78 is 5.33. The van der Waals surface area contributed by atoms with Crippen LogP contribution in [0.3, 0.4) is 0 Å². The molecule has 0 amide bonds. The average Bonchev–Trinajstić information content (AvgIpc) is 2.54. The van der Waals surface area contributed by atoms with Crippen molar-refractivity contribution in [3.63, 3.8) is 0 Å². The Morgan fingerprint density at radius 1 is 1.30 bits per heavy atom. The molecule has 0 bridgehead atoms. The van der Waals surface area contributed by atoms with E-state index < -0.39 is 0 Å². The van der Waals surface area contributed by atoms with E-state index in [2.05, 4.69) is 24.7 Å². The van der Waals surface area contributed by atoms with Gasteiger partial charge in [0, 0.05) is 5.57 Å². The summed E-state index contributed by atoms with van der Waals surface area (Å²) >= 11 is 0. The van der Waals surface area contributed by atoms with Crippen LogP contribution in [0.4, 0.5) is 0 Å². The topological polar surface area (TPSA) is 55.7 Å². The molecule has 4 nitrogen and oxygen atoms in total. The molecule has 4 heteroatoms. The Bertz CT molecular complexity index is 586. The summed E-state index contributed by atoms with van der Waals surface area (Å²) in [6, 6.07) is 5.98. The molecule has 1 saturated carbocycles. The maximum Gasteiger partial charge on any atom is 0.333 e. The minimum absolute atomic E-state index is 0.142. The van der Waals surface area contributed by atoms with Crippen molar-refractivity contribution in [3.05, 3.63) is 51.9 Å². The predicted molar refractivity (Wildman–Crippen MR) is 90.9 cm³/mol. The van der Waals surface area contributed by atoms with Gasteiger partial charge in [-0.3, -0.25) is 0 Å². The zero-order valence-electron chi connectivity index (χ0n) is 14.0. The van der Waals surface area contributed by atoms with Gasteiger partial charge in [0.05, 0.1) is 0 Å². The van der Waals surface area contributed by atoms with Gasteiger partial charge in [0.25, 0.3) is 0 Å². The fourth-order valence-electron chi connectivity index (χ4n) is 3.19. The Hall–Kier alpha value is -1.97. The van der Waals surface area contributed by atoms with E-state index in [4.69, 9.17) is 4.74 Å². The fourth-order valence-corrected chi connectivity index (χ4v) is 3.19. The van der Waals surface area contributed by atoms with Crippen molar-refractivity contribution in [2.45, 2.75) is 58.6 Å². The SMILES string of the molecule is C=C(C)C(=O)OCc1cc(CN=O)ccc1C1CCC(C)CC1. The highest BCUT2D eigenvalue weighted by Gasteiger charge is 2.22. The second kappa shape index (κ2) is 8.04. The first kappa shape index (κ1) is 17.4. The molecular weight excluding hydrogens is 290 g/mol. The number of esters is 1. The van der Waals surface area contributed by atoms with Crippen LogP contribution >= 0.6 is 0 Å². The van der Waals surface area contributed by atoms with E-state index in [0.29, 0.717) is 11.5 Å². The molecule has 0 radical (unpaired) electrons. The molecule has 23 heavy (non-hydrogen) atoms. The highest BCUT2D eigenvalue weighted by Crippen LogP contribution is 2.37. The molecule has 0 aliphatic heterocycles. The summed E-state index contributed by atoms with van der Waals surface area (Å²) in [5.41, 5.74) is 3.47. The first-order chi connectivity index (χ1) is 11.0. The maximum atomic E-state index is 11.7. The van der Waals surface area contributed by atoms with Gasteiger partial charge in [-0.1, -0.05) is 49.7 Å². The van der Waals surface area contributed by atoms with Gasteiger partial charge in [-0.15, -0.1) is 0 Å². The first-order valence-corrected chi connectivity index (χ1v) is 8.24. The van der Waals surface area contributed by atoms with Crippen molar-refractivity contribution in [1.29, 1.82) is 0 Å². The molecule has 0 saturated heterocycles. The van der Waals surface area contributed by atoms with E-state index in [-0.39, 0.29) is 19.1 Å². The third-order valence-corrected chi connectivity index (χ3v) is 4.62. The van der Waals surface area contributed by atoms with Gasteiger partial charge in [0.1, 0.15) is 13.2 Å². The molecule has 0 atom stereocenters. The molecule has 0 unspecified atom stereocenters. The number of ether oxygens (including phenoxy) is 1. The van der Waals surface area contributed by atoms with Gasteiger partial charge in [-0.25, -0.2) is 4.79 Å². The molecule has 0 heterocycles. The summed E-state index contributed by atoms with van der Waals surface area (Å²) in [5, 5.41) is 2.95. The largest absolute Gasteiger partial charge is 0.457 e. The first-order valence-electron chi connectivity index (χ1n) is 8.24. The summed E-state index contributed by atoms with van der Waals surface area (Å²) in [4.78, 5) is 22.2. The van der Waals surface area contributed by atoms with Crippen molar-refractivity contribution >= 4 is 5.97 Å². The quantitative estimate of drug-likeness (QED) is 0.427. The van der Waals surface area contributed by atoms with E-state index >= 15 is 0 Å². The molecule has 1 aromatic rings. The Morgan fingerprint density at radius 2 is 2.00 bits per heavy atom. The number of carbonyl (C=O) groups excluding carboxylic acids is 1. The molecule has 1 aliphatic rings. The van der Waals surface area contributed by atoms with Crippen LogP contribution in [0.2, 0.25) is 0 Å². The van der Waals surface area contributed by atoms with Gasteiger partial charge in [0.2, 0.25) is 0 Å². The number of hydrogen-bond donors (Lipinski definition) is 0. The summed E-state index contributed by atoms with van der Waals surface area (Å²) in [5.74, 6) is 0.907. The second-order valence-electron chi connectivity index (χ2n) is 6.63. The van der Waals surface area contributed by atoms with Crippen molar-refractivity contribution in [2.24, 2.45) is 11.1 Å². The van der Waals surface area contributed by atoms with Crippen molar-refractivity contribution < 1.29 is 9.53 Å². The average molecular weight is 315 g/mol. The molecule has 1 aromatic carbocycles. The smallest absolute Gasteiger partial charge is 0.333 e. The Morgan fingerprint density at radius 3 is 2.61 bits per heavy atom. The lowest BCUT2D eigenvalue weighted by Crippen LogP contribution is -2.14. The van der Waals surface area contributed by atoms with E-state index in [1.165, 1.54) is 18.4 Å². The number of benzene rings is 1. The Labute approximate surface area is 137 Å². The normalized spacial score (nSPS) is 20.8. The van der Waals surface area contributed by atoms with Crippen LogP contribution in [-0.2, 0) is 22.7 Å². The lowest BCUT2D eigenvalue weighted by Gasteiger charge is -2.28. The highest BCUT2D eigenvalue weighted by molar-refractivity contribution is 5.86.